The Hall–Kier alpha value is -2.40. The Morgan fingerprint density at radius 2 is 1.62 bits per heavy atom. The third-order valence-corrected chi connectivity index (χ3v) is 6.08. The van der Waals surface area contributed by atoms with Gasteiger partial charge >= 0.3 is 0 Å². The number of hydrogen-bond acceptors (Lipinski definition) is 3. The number of aryl methyl sites for hydroxylation is 1. The van der Waals surface area contributed by atoms with Crippen LogP contribution in [0.1, 0.15) is 82.9 Å². The number of carboxylic acid groups (broad SMARTS) is 1. The summed E-state index contributed by atoms with van der Waals surface area (Å²) in [6.07, 6.45) is 9.47. The zero-order valence-corrected chi connectivity index (χ0v) is 21.5. The maximum Gasteiger partial charge on any atom is 0.290 e. The van der Waals surface area contributed by atoms with Gasteiger partial charge in [0, 0.05) is 18.7 Å². The number of halogens is 1. The third kappa shape index (κ3) is 11.1. The second kappa shape index (κ2) is 17.1. The molecule has 2 N–H and O–H groups in total. The van der Waals surface area contributed by atoms with Crippen molar-refractivity contribution in [3.8, 4) is 5.75 Å². The van der Waals surface area contributed by atoms with Crippen LogP contribution in [0.4, 0.5) is 4.39 Å². The summed E-state index contributed by atoms with van der Waals surface area (Å²) in [7, 11) is 0. The molecule has 3 rings (SSSR count). The van der Waals surface area contributed by atoms with Crippen molar-refractivity contribution in [2.24, 2.45) is 5.92 Å². The van der Waals surface area contributed by atoms with Crippen LogP contribution in [-0.2, 0) is 24.2 Å². The van der Waals surface area contributed by atoms with Gasteiger partial charge in [-0.05, 0) is 67.3 Å². The smallest absolute Gasteiger partial charge is 0.290 e. The Morgan fingerprint density at radius 3 is 2.18 bits per heavy atom. The minimum absolute atomic E-state index is 0.0787. The topological polar surface area (TPSA) is 60.8 Å². The van der Waals surface area contributed by atoms with E-state index in [2.05, 4.69) is 43.0 Å². The quantitative estimate of drug-likeness (QED) is 0.377. The zero-order valence-electron chi connectivity index (χ0n) is 21.5. The van der Waals surface area contributed by atoms with Gasteiger partial charge in [-0.2, -0.15) is 0 Å². The molecule has 2 aromatic rings. The van der Waals surface area contributed by atoms with E-state index in [1.54, 1.807) is 6.07 Å². The number of aromatic hydroxyl groups is 1. The van der Waals surface area contributed by atoms with Gasteiger partial charge in [-0.15, -0.1) is 0 Å². The Kier molecular flexibility index (Phi) is 14.9. The lowest BCUT2D eigenvalue weighted by Gasteiger charge is -2.34. The molecule has 0 bridgehead atoms. The van der Waals surface area contributed by atoms with E-state index in [0.29, 0.717) is 12.0 Å². The van der Waals surface area contributed by atoms with Crippen LogP contribution < -0.4 is 0 Å². The molecule has 34 heavy (non-hydrogen) atoms. The molecule has 1 aliphatic rings. The highest BCUT2D eigenvalue weighted by Gasteiger charge is 2.21. The Bertz CT molecular complexity index is 802. The van der Waals surface area contributed by atoms with Crippen LogP contribution in [0.3, 0.4) is 0 Å². The summed E-state index contributed by atoms with van der Waals surface area (Å²) in [4.78, 5) is 11.0. The van der Waals surface area contributed by atoms with E-state index in [1.165, 1.54) is 55.4 Å². The van der Waals surface area contributed by atoms with Crippen LogP contribution in [0.5, 0.6) is 5.75 Å². The summed E-state index contributed by atoms with van der Waals surface area (Å²) in [6, 6.07) is 14.2. The molecule has 5 heteroatoms. The first-order valence-electron chi connectivity index (χ1n) is 12.8. The summed E-state index contributed by atoms with van der Waals surface area (Å²) in [5.74, 6) is 0.383. The first-order valence-corrected chi connectivity index (χ1v) is 12.8. The molecule has 0 radical (unpaired) electrons. The lowest BCUT2D eigenvalue weighted by Crippen LogP contribution is -2.37. The van der Waals surface area contributed by atoms with Gasteiger partial charge in [-0.1, -0.05) is 77.3 Å². The third-order valence-electron chi connectivity index (χ3n) is 6.08. The fourth-order valence-corrected chi connectivity index (χ4v) is 4.54. The summed E-state index contributed by atoms with van der Waals surface area (Å²) < 4.78 is 13.2. The second-order valence-electron chi connectivity index (χ2n) is 9.16. The Morgan fingerprint density at radius 1 is 1.03 bits per heavy atom. The lowest BCUT2D eigenvalue weighted by molar-refractivity contribution is -0.122. The van der Waals surface area contributed by atoms with E-state index in [1.807, 2.05) is 13.8 Å². The minimum Gasteiger partial charge on any atom is -0.508 e. The molecular weight excluding hydrogens is 429 g/mol. The number of rotatable bonds is 9. The highest BCUT2D eigenvalue weighted by Crippen LogP contribution is 2.26. The summed E-state index contributed by atoms with van der Waals surface area (Å²) in [6.45, 7) is 10.3. The Balaban J connectivity index is 0.00000107. The molecule has 0 aromatic heterocycles. The molecule has 0 unspecified atom stereocenters. The monoisotopic (exact) mass is 473 g/mol. The van der Waals surface area contributed by atoms with Gasteiger partial charge in [-0.3, -0.25) is 9.69 Å². The Labute approximate surface area is 205 Å². The van der Waals surface area contributed by atoms with Gasteiger partial charge in [0.2, 0.25) is 0 Å². The summed E-state index contributed by atoms with van der Waals surface area (Å²) in [5.41, 5.74) is 3.64. The fourth-order valence-electron chi connectivity index (χ4n) is 4.54. The van der Waals surface area contributed by atoms with Crippen molar-refractivity contribution in [1.29, 1.82) is 0 Å². The molecule has 190 valence electrons. The number of phenols is 1. The molecule has 0 atom stereocenters. The maximum atomic E-state index is 13.2. The normalized spacial score (nSPS) is 13.6. The van der Waals surface area contributed by atoms with Crippen molar-refractivity contribution in [2.75, 3.05) is 6.54 Å². The number of phenolic OH excluding ortho intramolecular Hbond substituents is 1. The summed E-state index contributed by atoms with van der Waals surface area (Å²) in [5, 5.41) is 16.9. The van der Waals surface area contributed by atoms with E-state index < -0.39 is 0 Å². The molecule has 1 fully saturated rings. The number of carbonyl (C=O) groups is 1. The minimum atomic E-state index is -0.379. The van der Waals surface area contributed by atoms with Crippen LogP contribution in [-0.4, -0.2) is 34.2 Å². The van der Waals surface area contributed by atoms with Gasteiger partial charge in [0.25, 0.3) is 6.47 Å². The molecule has 1 saturated carbocycles. The van der Waals surface area contributed by atoms with E-state index in [9.17, 15) is 9.50 Å². The standard InChI is InChI=1S/C26H36FNO.C2H6.CH2O2/c1-20(2)17-21-10-12-22(13-11-21)19-28(25-8-4-3-5-9-25)16-6-7-23-14-15-24(27)18-26(23)29;1-2;2-1-3/h10-15,18,20,25,29H,3-9,16-17,19H2,1-2H3;1-2H3;1H,(H,2,3). The van der Waals surface area contributed by atoms with Crippen molar-refractivity contribution in [2.45, 2.75) is 91.6 Å². The van der Waals surface area contributed by atoms with Crippen LogP contribution in [0.15, 0.2) is 42.5 Å². The molecular formula is C29H44FNO3. The van der Waals surface area contributed by atoms with Crippen molar-refractivity contribution in [3.63, 3.8) is 0 Å². The molecule has 2 aromatic carbocycles. The average Bonchev–Trinajstić information content (AvgIpc) is 2.83. The maximum absolute atomic E-state index is 13.2. The molecule has 1 aliphatic carbocycles. The molecule has 4 nitrogen and oxygen atoms in total. The van der Waals surface area contributed by atoms with Crippen LogP contribution in [0, 0.1) is 11.7 Å². The SMILES string of the molecule is CC.CC(C)Cc1ccc(CN(CCCc2ccc(F)cc2O)C2CCCCC2)cc1.O=CO. The van der Waals surface area contributed by atoms with Crippen molar-refractivity contribution >= 4 is 6.47 Å². The lowest BCUT2D eigenvalue weighted by atomic mass is 9.93. The van der Waals surface area contributed by atoms with Crippen LogP contribution in [0.25, 0.3) is 0 Å². The van der Waals surface area contributed by atoms with Gasteiger partial charge in [0.15, 0.2) is 0 Å². The first kappa shape index (κ1) is 29.6. The predicted octanol–water partition coefficient (Wildman–Crippen LogP) is 7.22. The summed E-state index contributed by atoms with van der Waals surface area (Å²) >= 11 is 0. The fraction of sp³-hybridized carbons (Fsp3) is 0.552. The van der Waals surface area contributed by atoms with Gasteiger partial charge < -0.3 is 10.2 Å². The highest BCUT2D eigenvalue weighted by atomic mass is 19.1. The molecule has 0 spiro atoms. The van der Waals surface area contributed by atoms with Gasteiger partial charge in [0.05, 0.1) is 0 Å². The van der Waals surface area contributed by atoms with E-state index in [4.69, 9.17) is 9.90 Å². The number of benzene rings is 2. The molecule has 0 heterocycles. The zero-order chi connectivity index (χ0) is 25.3. The van der Waals surface area contributed by atoms with Crippen molar-refractivity contribution in [1.82, 2.24) is 4.90 Å². The number of hydrogen-bond donors (Lipinski definition) is 2. The van der Waals surface area contributed by atoms with Crippen molar-refractivity contribution < 1.29 is 19.4 Å². The van der Waals surface area contributed by atoms with Gasteiger partial charge in [-0.25, -0.2) is 4.39 Å². The van der Waals surface area contributed by atoms with Crippen LogP contribution >= 0.6 is 0 Å². The second-order valence-corrected chi connectivity index (χ2v) is 9.16. The van der Waals surface area contributed by atoms with Gasteiger partial charge in [0.1, 0.15) is 11.6 Å². The van der Waals surface area contributed by atoms with E-state index >= 15 is 0 Å². The van der Waals surface area contributed by atoms with Crippen molar-refractivity contribution in [3.05, 3.63) is 65.0 Å². The van der Waals surface area contributed by atoms with Crippen LogP contribution in [0.2, 0.25) is 0 Å². The molecule has 0 amide bonds. The number of nitrogens with zero attached hydrogens (tertiary/aromatic N) is 1. The molecule has 0 saturated heterocycles. The molecule has 0 aliphatic heterocycles. The highest BCUT2D eigenvalue weighted by molar-refractivity contribution is 5.33. The largest absolute Gasteiger partial charge is 0.508 e. The average molecular weight is 474 g/mol. The first-order chi connectivity index (χ1) is 16.4. The van der Waals surface area contributed by atoms with E-state index in [0.717, 1.165) is 37.9 Å². The van der Waals surface area contributed by atoms with E-state index in [-0.39, 0.29) is 18.0 Å². The predicted molar refractivity (Wildman–Crippen MR) is 139 cm³/mol.